The fraction of sp³-hybridized carbons (Fsp3) is 0.455. The van der Waals surface area contributed by atoms with Crippen molar-refractivity contribution in [3.63, 3.8) is 0 Å². The van der Waals surface area contributed by atoms with Gasteiger partial charge in [-0.05, 0) is 17.7 Å². The molecule has 0 radical (unpaired) electrons. The van der Waals surface area contributed by atoms with Gasteiger partial charge in [-0.25, -0.2) is 0 Å². The first kappa shape index (κ1) is 13.4. The van der Waals surface area contributed by atoms with E-state index in [1.54, 1.807) is 14.2 Å². The van der Waals surface area contributed by atoms with Gasteiger partial charge in [-0.3, -0.25) is 0 Å². The van der Waals surface area contributed by atoms with E-state index < -0.39 is 6.04 Å². The minimum Gasteiger partial charge on any atom is -0.496 e. The van der Waals surface area contributed by atoms with Gasteiger partial charge in [-0.2, -0.15) is 0 Å². The molecular formula is C11H16BrNO3. The number of halogens is 1. The summed E-state index contributed by atoms with van der Waals surface area (Å²) in [6, 6.07) is 3.27. The Morgan fingerprint density at radius 3 is 2.62 bits per heavy atom. The van der Waals surface area contributed by atoms with E-state index in [9.17, 15) is 0 Å². The van der Waals surface area contributed by atoms with Crippen molar-refractivity contribution in [2.24, 2.45) is 5.73 Å². The smallest absolute Gasteiger partial charge is 0.125 e. The number of hydrogen-bond acceptors (Lipinski definition) is 4. The lowest BCUT2D eigenvalue weighted by atomic mass is 10.0. The fourth-order valence-corrected chi connectivity index (χ4v) is 2.09. The van der Waals surface area contributed by atoms with Crippen molar-refractivity contribution < 1.29 is 14.6 Å². The van der Waals surface area contributed by atoms with Crippen molar-refractivity contribution in [3.8, 4) is 5.75 Å². The maximum atomic E-state index is 9.14. The molecule has 0 aliphatic rings. The summed E-state index contributed by atoms with van der Waals surface area (Å²) < 4.78 is 11.3. The van der Waals surface area contributed by atoms with Gasteiger partial charge in [0.05, 0.1) is 26.4 Å². The summed E-state index contributed by atoms with van der Waals surface area (Å²) in [5.74, 6) is 0.656. The van der Waals surface area contributed by atoms with Crippen LogP contribution in [0.15, 0.2) is 16.6 Å². The number of methoxy groups -OCH3 is 2. The third-order valence-corrected chi connectivity index (χ3v) is 2.74. The molecule has 16 heavy (non-hydrogen) atoms. The van der Waals surface area contributed by atoms with E-state index in [1.807, 2.05) is 12.1 Å². The quantitative estimate of drug-likeness (QED) is 0.864. The molecular weight excluding hydrogens is 274 g/mol. The molecule has 0 heterocycles. The third kappa shape index (κ3) is 2.95. The SMILES string of the molecule is COCc1cc(Br)cc(OC)c1C(N)CO. The largest absolute Gasteiger partial charge is 0.496 e. The van der Waals surface area contributed by atoms with Crippen LogP contribution in [-0.2, 0) is 11.3 Å². The lowest BCUT2D eigenvalue weighted by Gasteiger charge is -2.18. The second-order valence-electron chi connectivity index (χ2n) is 3.40. The summed E-state index contributed by atoms with van der Waals surface area (Å²) in [6.45, 7) is 0.299. The van der Waals surface area contributed by atoms with Gasteiger partial charge in [-0.1, -0.05) is 15.9 Å². The topological polar surface area (TPSA) is 64.7 Å². The molecule has 0 spiro atoms. The number of nitrogens with two attached hydrogens (primary N) is 1. The van der Waals surface area contributed by atoms with Gasteiger partial charge in [0, 0.05) is 17.1 Å². The average Bonchev–Trinajstić information content (AvgIpc) is 2.27. The Kier molecular flexibility index (Phi) is 5.21. The highest BCUT2D eigenvalue weighted by Crippen LogP contribution is 2.31. The second kappa shape index (κ2) is 6.20. The maximum absolute atomic E-state index is 9.14. The summed E-state index contributed by atoms with van der Waals surface area (Å²) in [5.41, 5.74) is 7.55. The van der Waals surface area contributed by atoms with Gasteiger partial charge in [0.1, 0.15) is 5.75 Å². The van der Waals surface area contributed by atoms with E-state index in [4.69, 9.17) is 20.3 Å². The van der Waals surface area contributed by atoms with Crippen LogP contribution in [0.1, 0.15) is 17.2 Å². The van der Waals surface area contributed by atoms with E-state index in [0.717, 1.165) is 15.6 Å². The maximum Gasteiger partial charge on any atom is 0.125 e. The van der Waals surface area contributed by atoms with Crippen LogP contribution in [0.4, 0.5) is 0 Å². The molecule has 5 heteroatoms. The highest BCUT2D eigenvalue weighted by Gasteiger charge is 2.17. The predicted molar refractivity (Wildman–Crippen MR) is 65.4 cm³/mol. The zero-order valence-electron chi connectivity index (χ0n) is 9.37. The third-order valence-electron chi connectivity index (χ3n) is 2.28. The normalized spacial score (nSPS) is 12.6. The Morgan fingerprint density at radius 1 is 1.44 bits per heavy atom. The molecule has 1 aromatic carbocycles. The minimum absolute atomic E-state index is 0.130. The van der Waals surface area contributed by atoms with Gasteiger partial charge in [0.2, 0.25) is 0 Å². The highest BCUT2D eigenvalue weighted by atomic mass is 79.9. The zero-order chi connectivity index (χ0) is 12.1. The van der Waals surface area contributed by atoms with E-state index in [2.05, 4.69) is 15.9 Å². The monoisotopic (exact) mass is 289 g/mol. The van der Waals surface area contributed by atoms with Crippen LogP contribution in [0.2, 0.25) is 0 Å². The molecule has 0 aliphatic carbocycles. The Balaban J connectivity index is 3.26. The van der Waals surface area contributed by atoms with Crippen LogP contribution in [-0.4, -0.2) is 25.9 Å². The Labute approximate surface area is 103 Å². The molecule has 1 unspecified atom stereocenters. The lowest BCUT2D eigenvalue weighted by molar-refractivity contribution is 0.182. The molecule has 1 aromatic rings. The molecule has 3 N–H and O–H groups in total. The second-order valence-corrected chi connectivity index (χ2v) is 4.32. The van der Waals surface area contributed by atoms with Crippen molar-refractivity contribution in [1.82, 2.24) is 0 Å². The van der Waals surface area contributed by atoms with Crippen LogP contribution in [0.3, 0.4) is 0 Å². The molecule has 0 aromatic heterocycles. The van der Waals surface area contributed by atoms with E-state index in [1.165, 1.54) is 0 Å². The molecule has 0 saturated heterocycles. The van der Waals surface area contributed by atoms with Crippen molar-refractivity contribution >= 4 is 15.9 Å². The summed E-state index contributed by atoms with van der Waals surface area (Å²) in [5, 5.41) is 9.14. The van der Waals surface area contributed by atoms with E-state index in [0.29, 0.717) is 12.4 Å². The summed E-state index contributed by atoms with van der Waals surface area (Å²) >= 11 is 3.39. The molecule has 0 fully saturated rings. The van der Waals surface area contributed by atoms with Gasteiger partial charge in [-0.15, -0.1) is 0 Å². The van der Waals surface area contributed by atoms with Crippen molar-refractivity contribution in [1.29, 1.82) is 0 Å². The Hall–Kier alpha value is -0.620. The molecule has 0 amide bonds. The Morgan fingerprint density at radius 2 is 2.12 bits per heavy atom. The number of rotatable bonds is 5. The number of aliphatic hydroxyl groups excluding tert-OH is 1. The fourth-order valence-electron chi connectivity index (χ4n) is 1.60. The van der Waals surface area contributed by atoms with Crippen molar-refractivity contribution in [2.75, 3.05) is 20.8 Å². The van der Waals surface area contributed by atoms with Crippen molar-refractivity contribution in [2.45, 2.75) is 12.6 Å². The van der Waals surface area contributed by atoms with Crippen molar-refractivity contribution in [3.05, 3.63) is 27.7 Å². The summed E-state index contributed by atoms with van der Waals surface area (Å²) in [7, 11) is 3.19. The molecule has 0 bridgehead atoms. The van der Waals surface area contributed by atoms with Crippen LogP contribution in [0, 0.1) is 0 Å². The van der Waals surface area contributed by atoms with E-state index in [-0.39, 0.29) is 6.61 Å². The molecule has 1 atom stereocenters. The lowest BCUT2D eigenvalue weighted by Crippen LogP contribution is -2.18. The first-order valence-electron chi connectivity index (χ1n) is 4.85. The van der Waals surface area contributed by atoms with Gasteiger partial charge >= 0.3 is 0 Å². The standard InChI is InChI=1S/C11H16BrNO3/c1-15-6-7-3-8(12)4-10(16-2)11(7)9(13)5-14/h3-4,9,14H,5-6,13H2,1-2H3. The predicted octanol–water partition coefficient (Wildman–Crippen LogP) is 1.60. The first-order valence-corrected chi connectivity index (χ1v) is 5.65. The first-order chi connectivity index (χ1) is 7.63. The summed E-state index contributed by atoms with van der Waals surface area (Å²) in [6.07, 6.45) is 0. The molecule has 0 saturated carbocycles. The van der Waals surface area contributed by atoms with Crippen LogP contribution in [0.5, 0.6) is 5.75 Å². The number of ether oxygens (including phenoxy) is 2. The van der Waals surface area contributed by atoms with E-state index >= 15 is 0 Å². The highest BCUT2D eigenvalue weighted by molar-refractivity contribution is 9.10. The molecule has 90 valence electrons. The Bertz CT molecular complexity index is 357. The number of hydrogen-bond donors (Lipinski definition) is 2. The summed E-state index contributed by atoms with van der Waals surface area (Å²) in [4.78, 5) is 0. The average molecular weight is 290 g/mol. The minimum atomic E-state index is -0.465. The molecule has 0 aliphatic heterocycles. The zero-order valence-corrected chi connectivity index (χ0v) is 11.0. The molecule has 1 rings (SSSR count). The van der Waals surface area contributed by atoms with Gasteiger partial charge in [0.15, 0.2) is 0 Å². The number of benzene rings is 1. The van der Waals surface area contributed by atoms with Crippen LogP contribution in [0.25, 0.3) is 0 Å². The van der Waals surface area contributed by atoms with Gasteiger partial charge < -0.3 is 20.3 Å². The van der Waals surface area contributed by atoms with Crippen LogP contribution < -0.4 is 10.5 Å². The van der Waals surface area contributed by atoms with Gasteiger partial charge in [0.25, 0.3) is 0 Å². The molecule has 4 nitrogen and oxygen atoms in total. The van der Waals surface area contributed by atoms with Crippen LogP contribution >= 0.6 is 15.9 Å². The number of aliphatic hydroxyl groups is 1.